The van der Waals surface area contributed by atoms with E-state index in [4.69, 9.17) is 18.6 Å². The van der Waals surface area contributed by atoms with Crippen LogP contribution in [0.1, 0.15) is 12.6 Å². The molecule has 0 spiro atoms. The molecule has 0 aliphatic carbocycles. The maximum atomic E-state index is 14.8. The van der Waals surface area contributed by atoms with Crippen LogP contribution in [0, 0.1) is 5.82 Å². The number of hydrogen-bond donors (Lipinski definition) is 0. The van der Waals surface area contributed by atoms with Crippen molar-refractivity contribution in [3.05, 3.63) is 65.5 Å². The third kappa shape index (κ3) is 6.27. The lowest BCUT2D eigenvalue weighted by atomic mass is 10.2. The summed E-state index contributed by atoms with van der Waals surface area (Å²) >= 11 is 0. The van der Waals surface area contributed by atoms with E-state index in [9.17, 15) is 12.8 Å². The Balaban J connectivity index is 1.73. The Morgan fingerprint density at radius 3 is 2.39 bits per heavy atom. The molecule has 4 aromatic heterocycles. The molecule has 0 fully saturated rings. The van der Waals surface area contributed by atoms with E-state index in [1.54, 1.807) is 34.9 Å². The number of fused-ring (bicyclic) bond motifs is 1. The van der Waals surface area contributed by atoms with Crippen LogP contribution in [0.4, 0.5) is 10.3 Å². The zero-order valence-electron chi connectivity index (χ0n) is 26.7. The van der Waals surface area contributed by atoms with Gasteiger partial charge in [-0.3, -0.25) is 9.55 Å². The van der Waals surface area contributed by atoms with Gasteiger partial charge in [-0.2, -0.15) is 0 Å². The van der Waals surface area contributed by atoms with Gasteiger partial charge >= 0.3 is 0 Å². The summed E-state index contributed by atoms with van der Waals surface area (Å²) in [6.45, 7) is 8.07. The highest BCUT2D eigenvalue weighted by Gasteiger charge is 2.34. The van der Waals surface area contributed by atoms with Gasteiger partial charge in [0.1, 0.15) is 35.0 Å². The molecule has 0 aliphatic rings. The highest BCUT2D eigenvalue weighted by atomic mass is 32.2. The summed E-state index contributed by atoms with van der Waals surface area (Å²) < 4.78 is 70.5. The molecule has 0 bridgehead atoms. The van der Waals surface area contributed by atoms with Crippen LogP contribution in [-0.4, -0.2) is 73.7 Å². The van der Waals surface area contributed by atoms with Crippen LogP contribution in [0.2, 0.25) is 25.7 Å². The molecule has 1 aromatic carbocycles. The first-order chi connectivity index (χ1) is 21.9. The number of halogens is 1. The third-order valence-electron chi connectivity index (χ3n) is 7.23. The van der Waals surface area contributed by atoms with E-state index >= 15 is 0 Å². The number of methoxy groups -OCH3 is 3. The van der Waals surface area contributed by atoms with Crippen molar-refractivity contribution in [2.45, 2.75) is 39.3 Å². The lowest BCUT2D eigenvalue weighted by Gasteiger charge is -2.27. The highest BCUT2D eigenvalue weighted by molar-refractivity contribution is 7.96. The van der Waals surface area contributed by atoms with Gasteiger partial charge in [0.2, 0.25) is 11.8 Å². The van der Waals surface area contributed by atoms with E-state index < -0.39 is 23.9 Å². The Hall–Kier alpha value is -4.54. The van der Waals surface area contributed by atoms with Crippen molar-refractivity contribution in [1.82, 2.24) is 29.3 Å². The van der Waals surface area contributed by atoms with E-state index in [0.29, 0.717) is 29.0 Å². The molecular formula is C30H36FN7O6SSi. The van der Waals surface area contributed by atoms with Crippen molar-refractivity contribution in [2.75, 3.05) is 32.2 Å². The molecule has 0 unspecified atom stereocenters. The first kappa shape index (κ1) is 32.8. The zero-order chi connectivity index (χ0) is 33.2. The minimum Gasteiger partial charge on any atom is -0.494 e. The second-order valence-electron chi connectivity index (χ2n) is 11.6. The molecule has 0 aliphatic heterocycles. The smallest absolute Gasteiger partial charge is 0.262 e. The quantitative estimate of drug-likeness (QED) is 0.146. The Bertz CT molecular complexity index is 1960. The topological polar surface area (TPSA) is 140 Å². The van der Waals surface area contributed by atoms with Gasteiger partial charge < -0.3 is 23.2 Å². The molecule has 16 heteroatoms. The third-order valence-corrected chi connectivity index (χ3v) is 10.8. The number of pyridine rings is 1. The van der Waals surface area contributed by atoms with E-state index in [2.05, 4.69) is 39.8 Å². The molecule has 0 saturated heterocycles. The predicted octanol–water partition coefficient (Wildman–Crippen LogP) is 5.57. The summed E-state index contributed by atoms with van der Waals surface area (Å²) in [6, 6.07) is 9.22. The molecule has 4 heterocycles. The number of nitrogens with zero attached hydrogens (tertiary/aromatic N) is 7. The summed E-state index contributed by atoms with van der Waals surface area (Å²) in [6.07, 6.45) is 5.32. The van der Waals surface area contributed by atoms with Gasteiger partial charge in [0.05, 0.1) is 43.6 Å². The number of furan rings is 1. The van der Waals surface area contributed by atoms with E-state index in [0.717, 1.165) is 6.20 Å². The van der Waals surface area contributed by atoms with Crippen LogP contribution >= 0.6 is 0 Å². The van der Waals surface area contributed by atoms with Gasteiger partial charge in [0.25, 0.3) is 10.0 Å². The Morgan fingerprint density at radius 1 is 1.07 bits per heavy atom. The first-order valence-corrected chi connectivity index (χ1v) is 19.5. The number of anilines is 1. The fourth-order valence-electron chi connectivity index (χ4n) is 4.88. The predicted molar refractivity (Wildman–Crippen MR) is 175 cm³/mol. The number of aromatic nitrogens is 6. The van der Waals surface area contributed by atoms with E-state index in [-0.39, 0.29) is 46.7 Å². The largest absolute Gasteiger partial charge is 0.494 e. The van der Waals surface area contributed by atoms with Crippen LogP contribution in [-0.2, 0) is 21.5 Å². The summed E-state index contributed by atoms with van der Waals surface area (Å²) in [5.74, 6) is 0.777. The number of para-hydroxylation sites is 1. The van der Waals surface area contributed by atoms with Gasteiger partial charge in [-0.25, -0.2) is 22.1 Å². The Kier molecular flexibility index (Phi) is 9.32. The van der Waals surface area contributed by atoms with Crippen LogP contribution < -0.4 is 13.8 Å². The molecular weight excluding hydrogens is 634 g/mol. The van der Waals surface area contributed by atoms with Crippen molar-refractivity contribution in [3.8, 4) is 28.8 Å². The molecule has 244 valence electrons. The Labute approximate surface area is 267 Å². The van der Waals surface area contributed by atoms with Gasteiger partial charge in [-0.15, -0.1) is 10.2 Å². The average molecular weight is 670 g/mol. The molecule has 5 aromatic rings. The lowest BCUT2D eigenvalue weighted by Crippen LogP contribution is -2.38. The molecule has 46 heavy (non-hydrogen) atoms. The maximum absolute atomic E-state index is 14.8. The van der Waals surface area contributed by atoms with Crippen LogP contribution in [0.3, 0.4) is 0 Å². The van der Waals surface area contributed by atoms with Crippen molar-refractivity contribution in [2.24, 2.45) is 0 Å². The molecule has 13 nitrogen and oxygen atoms in total. The molecule has 0 N–H and O–H groups in total. The average Bonchev–Trinajstić information content (AvgIpc) is 3.78. The molecule has 0 amide bonds. The van der Waals surface area contributed by atoms with E-state index in [1.165, 1.54) is 55.8 Å². The molecule has 0 saturated carbocycles. The van der Waals surface area contributed by atoms with Crippen LogP contribution in [0.5, 0.6) is 11.5 Å². The number of hydrogen-bond acceptors (Lipinski definition) is 10. The maximum Gasteiger partial charge on any atom is 0.262 e. The normalized spacial score (nSPS) is 12.6. The fraction of sp³-hybridized carbons (Fsp3) is 0.333. The zero-order valence-corrected chi connectivity index (χ0v) is 28.5. The number of imidazole rings is 1. The number of sulfonamides is 1. The summed E-state index contributed by atoms with van der Waals surface area (Å²) in [4.78, 5) is 8.41. The minimum absolute atomic E-state index is 0.00165. The number of benzene rings is 1. The SMILES string of the molecule is COCn1cnc2c(/C=C(\C)S(=O)(=O)N(CC[Si](C)(C)C)c3nnc(-c4ccco4)n3-c3c(OC)cccc3OC)ncc(F)c21. The lowest BCUT2D eigenvalue weighted by molar-refractivity contribution is 0.134. The molecule has 5 rings (SSSR count). The standard InChI is InChI=1S/C30H36FN7O6SSi/c1-20(16-22-26-27(21(31)17-32-22)36(18-33-26)19-41-2)45(39,40)37(13-15-46(5,6)7)30-35-34-29(25-12-9-14-44-25)38(30)28-23(42-3)10-8-11-24(28)43-4/h8-12,14,16-18H,13,15,19H2,1-7H3/b20-16+. The Morgan fingerprint density at radius 2 is 1.78 bits per heavy atom. The summed E-state index contributed by atoms with van der Waals surface area (Å²) in [5, 5.41) is 8.82. The number of allylic oxidation sites excluding steroid dienone is 1. The fourth-order valence-corrected chi connectivity index (χ4v) is 7.21. The van der Waals surface area contributed by atoms with Crippen LogP contribution in [0.25, 0.3) is 34.4 Å². The second-order valence-corrected chi connectivity index (χ2v) is 19.3. The van der Waals surface area contributed by atoms with Crippen molar-refractivity contribution in [1.29, 1.82) is 0 Å². The van der Waals surface area contributed by atoms with Crippen molar-refractivity contribution >= 4 is 41.2 Å². The van der Waals surface area contributed by atoms with Crippen molar-refractivity contribution < 1.29 is 31.4 Å². The monoisotopic (exact) mass is 669 g/mol. The molecule has 0 radical (unpaired) electrons. The highest BCUT2D eigenvalue weighted by Crippen LogP contribution is 2.40. The second kappa shape index (κ2) is 13.1. The number of ether oxygens (including phenoxy) is 3. The summed E-state index contributed by atoms with van der Waals surface area (Å²) in [5.41, 5.74) is 0.915. The minimum atomic E-state index is -4.29. The van der Waals surface area contributed by atoms with Gasteiger partial charge in [-0.1, -0.05) is 25.7 Å². The first-order valence-electron chi connectivity index (χ1n) is 14.3. The number of rotatable bonds is 13. The van der Waals surface area contributed by atoms with Gasteiger partial charge in [0, 0.05) is 21.7 Å². The summed E-state index contributed by atoms with van der Waals surface area (Å²) in [7, 11) is -1.60. The van der Waals surface area contributed by atoms with Gasteiger partial charge in [-0.05, 0) is 43.3 Å². The van der Waals surface area contributed by atoms with Gasteiger partial charge in [0.15, 0.2) is 11.6 Å². The van der Waals surface area contributed by atoms with Crippen molar-refractivity contribution in [3.63, 3.8) is 0 Å². The van der Waals surface area contributed by atoms with E-state index in [1.807, 2.05) is 0 Å². The van der Waals surface area contributed by atoms with Crippen LogP contribution in [0.15, 0.2) is 58.4 Å². The molecule has 0 atom stereocenters.